The van der Waals surface area contributed by atoms with Crippen molar-refractivity contribution >= 4 is 17.6 Å². The zero-order valence-corrected chi connectivity index (χ0v) is 20.6. The van der Waals surface area contributed by atoms with Crippen molar-refractivity contribution in [1.82, 2.24) is 4.90 Å². The van der Waals surface area contributed by atoms with Crippen LogP contribution in [0.1, 0.15) is 82.8 Å². The SMILES string of the molecule is CCCCC1CCC(C(=O)N2c3ccc(CCN4CCC(C(=O)O)CC4)cc3CC2C)CC1. The van der Waals surface area contributed by atoms with Crippen molar-refractivity contribution in [3.05, 3.63) is 29.3 Å². The van der Waals surface area contributed by atoms with Gasteiger partial charge in [-0.05, 0) is 94.5 Å². The van der Waals surface area contributed by atoms with Gasteiger partial charge in [0.25, 0.3) is 0 Å². The van der Waals surface area contributed by atoms with E-state index in [1.807, 2.05) is 0 Å². The molecule has 1 N–H and O–H groups in total. The number of carboxylic acids is 1. The van der Waals surface area contributed by atoms with E-state index < -0.39 is 5.97 Å². The van der Waals surface area contributed by atoms with Crippen LogP contribution in [0.4, 0.5) is 5.69 Å². The minimum absolute atomic E-state index is 0.169. The second kappa shape index (κ2) is 11.0. The number of rotatable bonds is 8. The maximum atomic E-state index is 13.5. The molecule has 1 unspecified atom stereocenters. The van der Waals surface area contributed by atoms with Gasteiger partial charge in [-0.2, -0.15) is 0 Å². The Kier molecular flexibility index (Phi) is 8.11. The molecule has 1 saturated carbocycles. The lowest BCUT2D eigenvalue weighted by Gasteiger charge is -2.32. The molecule has 0 radical (unpaired) electrons. The second-order valence-corrected chi connectivity index (χ2v) is 10.8. The lowest BCUT2D eigenvalue weighted by Crippen LogP contribution is -2.41. The van der Waals surface area contributed by atoms with E-state index in [2.05, 4.69) is 41.8 Å². The smallest absolute Gasteiger partial charge is 0.306 e. The minimum Gasteiger partial charge on any atom is -0.481 e. The summed E-state index contributed by atoms with van der Waals surface area (Å²) in [4.78, 5) is 29.1. The third kappa shape index (κ3) is 5.79. The Morgan fingerprint density at radius 2 is 1.76 bits per heavy atom. The molecule has 4 rings (SSSR count). The molecule has 1 aromatic carbocycles. The van der Waals surface area contributed by atoms with Gasteiger partial charge < -0.3 is 14.9 Å². The number of aliphatic carboxylic acids is 1. The zero-order chi connectivity index (χ0) is 23.4. The number of piperidine rings is 1. The van der Waals surface area contributed by atoms with Gasteiger partial charge in [-0.1, -0.05) is 38.3 Å². The molecule has 182 valence electrons. The van der Waals surface area contributed by atoms with Gasteiger partial charge in [-0.3, -0.25) is 9.59 Å². The van der Waals surface area contributed by atoms with E-state index >= 15 is 0 Å². The summed E-state index contributed by atoms with van der Waals surface area (Å²) in [6.07, 6.45) is 11.9. The van der Waals surface area contributed by atoms with E-state index in [9.17, 15) is 14.7 Å². The average molecular weight is 455 g/mol. The van der Waals surface area contributed by atoms with Crippen LogP contribution in [0, 0.1) is 17.8 Å². The number of carbonyl (C=O) groups excluding carboxylic acids is 1. The monoisotopic (exact) mass is 454 g/mol. The number of anilines is 1. The summed E-state index contributed by atoms with van der Waals surface area (Å²) < 4.78 is 0. The van der Waals surface area contributed by atoms with Crippen molar-refractivity contribution in [2.45, 2.75) is 90.5 Å². The van der Waals surface area contributed by atoms with Crippen molar-refractivity contribution in [3.63, 3.8) is 0 Å². The summed E-state index contributed by atoms with van der Waals surface area (Å²) >= 11 is 0. The largest absolute Gasteiger partial charge is 0.481 e. The molecular formula is C28H42N2O3. The first kappa shape index (κ1) is 24.3. The quantitative estimate of drug-likeness (QED) is 0.579. The fourth-order valence-electron chi connectivity index (χ4n) is 6.25. The summed E-state index contributed by atoms with van der Waals surface area (Å²) in [5.74, 6) is 0.562. The molecule has 1 atom stereocenters. The lowest BCUT2D eigenvalue weighted by molar-refractivity contribution is -0.143. The summed E-state index contributed by atoms with van der Waals surface area (Å²) in [6, 6.07) is 6.93. The van der Waals surface area contributed by atoms with Gasteiger partial charge in [-0.25, -0.2) is 0 Å². The molecule has 2 fully saturated rings. The molecule has 1 saturated heterocycles. The first-order valence-corrected chi connectivity index (χ1v) is 13.4. The maximum Gasteiger partial charge on any atom is 0.306 e. The third-order valence-corrected chi connectivity index (χ3v) is 8.41. The van der Waals surface area contributed by atoms with E-state index in [4.69, 9.17) is 0 Å². The second-order valence-electron chi connectivity index (χ2n) is 10.8. The van der Waals surface area contributed by atoms with Crippen LogP contribution in [0.2, 0.25) is 0 Å². The number of unbranched alkanes of at least 4 members (excludes halogenated alkanes) is 1. The molecule has 0 spiro atoms. The molecule has 5 nitrogen and oxygen atoms in total. The fourth-order valence-corrected chi connectivity index (χ4v) is 6.25. The van der Waals surface area contributed by atoms with Crippen molar-refractivity contribution in [2.75, 3.05) is 24.5 Å². The molecule has 2 heterocycles. The summed E-state index contributed by atoms with van der Waals surface area (Å²) in [5.41, 5.74) is 3.77. The average Bonchev–Trinajstić information content (AvgIpc) is 3.16. The van der Waals surface area contributed by atoms with Crippen LogP contribution in [0.25, 0.3) is 0 Å². The van der Waals surface area contributed by atoms with Crippen LogP contribution in [0.3, 0.4) is 0 Å². The Balaban J connectivity index is 1.31. The van der Waals surface area contributed by atoms with E-state index in [1.54, 1.807) is 0 Å². The Hall–Kier alpha value is -1.88. The molecule has 33 heavy (non-hydrogen) atoms. The highest BCUT2D eigenvalue weighted by atomic mass is 16.4. The standard InChI is InChI=1S/C28H42N2O3/c1-3-4-5-21-6-9-23(10-7-21)27(31)30-20(2)18-25-19-22(8-11-26(25)30)12-15-29-16-13-24(14-17-29)28(32)33/h8,11,19-21,23-24H,3-7,9-10,12-18H2,1-2H3,(H,32,33). The van der Waals surface area contributed by atoms with Crippen LogP contribution in [-0.4, -0.2) is 47.6 Å². The van der Waals surface area contributed by atoms with Crippen molar-refractivity contribution < 1.29 is 14.7 Å². The lowest BCUT2D eigenvalue weighted by atomic mass is 9.79. The van der Waals surface area contributed by atoms with Crippen molar-refractivity contribution in [3.8, 4) is 0 Å². The molecule has 0 aromatic heterocycles. The summed E-state index contributed by atoms with van der Waals surface area (Å²) in [7, 11) is 0. The van der Waals surface area contributed by atoms with Gasteiger partial charge in [-0.15, -0.1) is 0 Å². The number of carboxylic acid groups (broad SMARTS) is 1. The normalized spacial score (nSPS) is 26.4. The minimum atomic E-state index is -0.647. The van der Waals surface area contributed by atoms with Gasteiger partial charge >= 0.3 is 5.97 Å². The first-order chi connectivity index (χ1) is 16.0. The maximum absolute atomic E-state index is 13.5. The zero-order valence-electron chi connectivity index (χ0n) is 20.6. The molecule has 1 amide bonds. The van der Waals surface area contributed by atoms with E-state index in [-0.39, 0.29) is 17.9 Å². The highest BCUT2D eigenvalue weighted by Crippen LogP contribution is 2.38. The predicted molar refractivity (Wildman–Crippen MR) is 133 cm³/mol. The van der Waals surface area contributed by atoms with Gasteiger partial charge in [0.1, 0.15) is 0 Å². The molecule has 1 aromatic rings. The topological polar surface area (TPSA) is 60.9 Å². The number of hydrogen-bond acceptors (Lipinski definition) is 3. The van der Waals surface area contributed by atoms with Crippen LogP contribution in [0.15, 0.2) is 18.2 Å². The fraction of sp³-hybridized carbons (Fsp3) is 0.714. The van der Waals surface area contributed by atoms with Crippen molar-refractivity contribution in [1.29, 1.82) is 0 Å². The van der Waals surface area contributed by atoms with Gasteiger partial charge in [0.2, 0.25) is 5.91 Å². The van der Waals surface area contributed by atoms with Crippen LogP contribution in [-0.2, 0) is 22.4 Å². The number of amides is 1. The number of benzene rings is 1. The highest BCUT2D eigenvalue weighted by Gasteiger charge is 2.36. The Morgan fingerprint density at radius 3 is 2.42 bits per heavy atom. The van der Waals surface area contributed by atoms with Crippen LogP contribution in [0.5, 0.6) is 0 Å². The number of fused-ring (bicyclic) bond motifs is 1. The van der Waals surface area contributed by atoms with Gasteiger partial charge in [0.05, 0.1) is 5.92 Å². The van der Waals surface area contributed by atoms with Gasteiger partial charge in [0.15, 0.2) is 0 Å². The Bertz CT molecular complexity index is 822. The summed E-state index contributed by atoms with van der Waals surface area (Å²) in [6.45, 7) is 7.18. The highest BCUT2D eigenvalue weighted by molar-refractivity contribution is 5.97. The van der Waals surface area contributed by atoms with Crippen LogP contribution < -0.4 is 4.90 Å². The predicted octanol–water partition coefficient (Wildman–Crippen LogP) is 5.30. The molecule has 2 aliphatic heterocycles. The van der Waals surface area contributed by atoms with E-state index in [1.165, 1.54) is 43.2 Å². The Labute approximate surface area is 199 Å². The Morgan fingerprint density at radius 1 is 1.03 bits per heavy atom. The van der Waals surface area contributed by atoms with Crippen LogP contribution >= 0.6 is 0 Å². The molecule has 0 bridgehead atoms. The third-order valence-electron chi connectivity index (χ3n) is 8.41. The number of likely N-dealkylation sites (tertiary alicyclic amines) is 1. The number of hydrogen-bond donors (Lipinski definition) is 1. The van der Waals surface area contributed by atoms with Crippen molar-refractivity contribution in [2.24, 2.45) is 17.8 Å². The van der Waals surface area contributed by atoms with E-state index in [0.717, 1.165) is 69.8 Å². The number of carbonyl (C=O) groups is 2. The molecular weight excluding hydrogens is 412 g/mol. The molecule has 3 aliphatic rings. The summed E-state index contributed by atoms with van der Waals surface area (Å²) in [5, 5.41) is 9.18. The van der Waals surface area contributed by atoms with E-state index in [0.29, 0.717) is 5.91 Å². The van der Waals surface area contributed by atoms with Gasteiger partial charge in [0, 0.05) is 24.2 Å². The number of nitrogens with zero attached hydrogens (tertiary/aromatic N) is 2. The molecule has 1 aliphatic carbocycles. The first-order valence-electron chi connectivity index (χ1n) is 13.4. The molecule has 5 heteroatoms.